The summed E-state index contributed by atoms with van der Waals surface area (Å²) in [6.45, 7) is 5.69. The van der Waals surface area contributed by atoms with E-state index in [0.29, 0.717) is 21.9 Å². The maximum atomic E-state index is 13.2. The average molecular weight is 448 g/mol. The summed E-state index contributed by atoms with van der Waals surface area (Å²) in [6.07, 6.45) is -2.43. The van der Waals surface area contributed by atoms with Gasteiger partial charge in [0.1, 0.15) is 11.5 Å². The minimum absolute atomic E-state index is 0.302. The van der Waals surface area contributed by atoms with Gasteiger partial charge in [0, 0.05) is 29.1 Å². The van der Waals surface area contributed by atoms with E-state index in [4.69, 9.17) is 16.6 Å². The fraction of sp³-hybridized carbons (Fsp3) is 0.318. The molecule has 0 amide bonds. The van der Waals surface area contributed by atoms with Crippen molar-refractivity contribution < 1.29 is 13.2 Å². The zero-order valence-corrected chi connectivity index (χ0v) is 17.9. The van der Waals surface area contributed by atoms with Crippen molar-refractivity contribution in [2.75, 3.05) is 18.0 Å². The van der Waals surface area contributed by atoms with E-state index in [1.165, 1.54) is 6.07 Å². The van der Waals surface area contributed by atoms with Crippen LogP contribution in [0.25, 0.3) is 27.8 Å². The van der Waals surface area contributed by atoms with Gasteiger partial charge in [-0.2, -0.15) is 17.7 Å². The largest absolute Gasteiger partial charge is 0.416 e. The van der Waals surface area contributed by atoms with Crippen molar-refractivity contribution in [3.8, 4) is 11.3 Å². The van der Waals surface area contributed by atoms with Gasteiger partial charge in [0.15, 0.2) is 5.65 Å². The minimum atomic E-state index is -4.44. The molecule has 2 aromatic carbocycles. The molecule has 4 rings (SSSR count). The second kappa shape index (κ2) is 8.34. The summed E-state index contributed by atoms with van der Waals surface area (Å²) >= 11 is 6.26. The van der Waals surface area contributed by atoms with Gasteiger partial charge in [-0.1, -0.05) is 42.3 Å². The van der Waals surface area contributed by atoms with Crippen molar-refractivity contribution >= 4 is 34.0 Å². The van der Waals surface area contributed by atoms with Gasteiger partial charge < -0.3 is 4.90 Å². The van der Waals surface area contributed by atoms with Gasteiger partial charge >= 0.3 is 6.18 Å². The summed E-state index contributed by atoms with van der Waals surface area (Å²) in [7, 11) is 0. The highest BCUT2D eigenvalue weighted by Gasteiger charge is 2.31. The highest BCUT2D eigenvalue weighted by molar-refractivity contribution is 6.31. The predicted molar refractivity (Wildman–Crippen MR) is 117 cm³/mol. The topological polar surface area (TPSA) is 46.3 Å². The Morgan fingerprint density at radius 2 is 1.90 bits per heavy atom. The van der Waals surface area contributed by atoms with E-state index in [2.05, 4.69) is 22.1 Å². The van der Waals surface area contributed by atoms with Gasteiger partial charge in [-0.05, 0) is 43.7 Å². The molecule has 0 bridgehead atoms. The van der Waals surface area contributed by atoms with Crippen molar-refractivity contribution in [1.29, 1.82) is 0 Å². The molecule has 0 atom stereocenters. The van der Waals surface area contributed by atoms with E-state index in [0.717, 1.165) is 54.8 Å². The molecule has 0 aliphatic heterocycles. The number of hydrogen-bond donors (Lipinski definition) is 0. The van der Waals surface area contributed by atoms with Crippen molar-refractivity contribution in [2.24, 2.45) is 0 Å². The Bertz CT molecular complexity index is 1240. The Kier molecular flexibility index (Phi) is 5.75. The van der Waals surface area contributed by atoms with E-state index < -0.39 is 11.7 Å². The van der Waals surface area contributed by atoms with Gasteiger partial charge in [0.2, 0.25) is 0 Å². The van der Waals surface area contributed by atoms with Crippen LogP contribution < -0.4 is 4.90 Å². The number of hydrogen-bond acceptors (Lipinski definition) is 4. The third-order valence-electron chi connectivity index (χ3n) is 5.21. The maximum Gasteiger partial charge on any atom is 0.416 e. The van der Waals surface area contributed by atoms with E-state index in [1.54, 1.807) is 16.6 Å². The average Bonchev–Trinajstić information content (AvgIpc) is 3.17. The molecule has 0 N–H and O–H groups in total. The summed E-state index contributed by atoms with van der Waals surface area (Å²) in [6, 6.07) is 10.5. The van der Waals surface area contributed by atoms with Crippen LogP contribution in [0.5, 0.6) is 0 Å². The lowest BCUT2D eigenvalue weighted by atomic mass is 10.1. The lowest BCUT2D eigenvalue weighted by molar-refractivity contribution is -0.137. The van der Waals surface area contributed by atoms with Gasteiger partial charge in [0.25, 0.3) is 0 Å². The standard InChI is InChI=1S/C22H21ClF3N5/c1-3-5-11-30(4-2)20-17-13-16(23)9-10-18(17)31-21(27-20)19(28-29-31)14-7-6-8-15(12-14)22(24,25)26/h6-10,12-13H,3-5,11H2,1-2H3. The second-order valence-corrected chi connectivity index (χ2v) is 7.72. The quantitative estimate of drug-likeness (QED) is 0.351. The molecule has 0 saturated heterocycles. The minimum Gasteiger partial charge on any atom is -0.356 e. The first-order valence-electron chi connectivity index (χ1n) is 10.1. The third-order valence-corrected chi connectivity index (χ3v) is 5.45. The summed E-state index contributed by atoms with van der Waals surface area (Å²) in [5.41, 5.74) is 1.02. The van der Waals surface area contributed by atoms with Gasteiger partial charge in [-0.3, -0.25) is 0 Å². The maximum absolute atomic E-state index is 13.2. The zero-order chi connectivity index (χ0) is 22.2. The number of nitrogens with zero attached hydrogens (tertiary/aromatic N) is 5. The Balaban J connectivity index is 1.97. The Labute approximate surface area is 182 Å². The first-order valence-corrected chi connectivity index (χ1v) is 10.5. The SMILES string of the molecule is CCCCN(CC)c1nc2c(-c3cccc(C(F)(F)F)c3)nnn2c2ccc(Cl)cc12. The van der Waals surface area contributed by atoms with Gasteiger partial charge in [0.05, 0.1) is 11.1 Å². The molecule has 2 aromatic heterocycles. The van der Waals surface area contributed by atoms with Gasteiger partial charge in [-0.25, -0.2) is 4.98 Å². The molecule has 2 heterocycles. The van der Waals surface area contributed by atoms with E-state index in [1.807, 2.05) is 19.1 Å². The normalized spacial score (nSPS) is 12.1. The number of aromatic nitrogens is 4. The summed E-state index contributed by atoms with van der Waals surface area (Å²) in [4.78, 5) is 6.96. The molecule has 0 fully saturated rings. The van der Waals surface area contributed by atoms with Crippen LogP contribution in [0, 0.1) is 0 Å². The molecule has 0 aliphatic carbocycles. The van der Waals surface area contributed by atoms with Crippen LogP contribution in [-0.4, -0.2) is 32.9 Å². The molecular formula is C22H21ClF3N5. The van der Waals surface area contributed by atoms with Crippen molar-refractivity contribution in [3.63, 3.8) is 0 Å². The number of fused-ring (bicyclic) bond motifs is 3. The lowest BCUT2D eigenvalue weighted by Gasteiger charge is -2.23. The number of halogens is 4. The first-order chi connectivity index (χ1) is 14.8. The fourth-order valence-electron chi connectivity index (χ4n) is 3.61. The summed E-state index contributed by atoms with van der Waals surface area (Å²) in [5.74, 6) is 0.719. The molecule has 9 heteroatoms. The molecule has 0 unspecified atom stereocenters. The zero-order valence-electron chi connectivity index (χ0n) is 17.1. The van der Waals surface area contributed by atoms with Crippen molar-refractivity contribution in [2.45, 2.75) is 32.9 Å². The molecule has 0 spiro atoms. The lowest BCUT2D eigenvalue weighted by Crippen LogP contribution is -2.25. The van der Waals surface area contributed by atoms with Gasteiger partial charge in [-0.15, -0.1) is 5.10 Å². The molecular weight excluding hydrogens is 427 g/mol. The molecule has 5 nitrogen and oxygen atoms in total. The fourth-order valence-corrected chi connectivity index (χ4v) is 3.78. The highest BCUT2D eigenvalue weighted by Crippen LogP contribution is 2.34. The Hall–Kier alpha value is -2.87. The molecule has 4 aromatic rings. The van der Waals surface area contributed by atoms with Crippen molar-refractivity contribution in [3.05, 3.63) is 53.1 Å². The predicted octanol–water partition coefficient (Wildman–Crippen LogP) is 6.24. The van der Waals surface area contributed by atoms with E-state index >= 15 is 0 Å². The number of rotatable bonds is 6. The molecule has 0 radical (unpaired) electrons. The smallest absolute Gasteiger partial charge is 0.356 e. The van der Waals surface area contributed by atoms with Crippen LogP contribution in [-0.2, 0) is 6.18 Å². The summed E-state index contributed by atoms with van der Waals surface area (Å²) in [5, 5.41) is 9.76. The van der Waals surface area contributed by atoms with E-state index in [-0.39, 0.29) is 0 Å². The van der Waals surface area contributed by atoms with Crippen LogP contribution in [0.4, 0.5) is 19.0 Å². The molecule has 0 aliphatic rings. The number of benzene rings is 2. The molecule has 0 saturated carbocycles. The monoisotopic (exact) mass is 447 g/mol. The van der Waals surface area contributed by atoms with Crippen LogP contribution in [0.1, 0.15) is 32.3 Å². The van der Waals surface area contributed by atoms with Crippen LogP contribution in [0.3, 0.4) is 0 Å². The molecule has 162 valence electrons. The van der Waals surface area contributed by atoms with E-state index in [9.17, 15) is 13.2 Å². The Morgan fingerprint density at radius 1 is 1.10 bits per heavy atom. The summed E-state index contributed by atoms with van der Waals surface area (Å²) < 4.78 is 41.2. The molecule has 31 heavy (non-hydrogen) atoms. The first kappa shape index (κ1) is 21.4. The number of unbranched alkanes of at least 4 members (excludes halogenated alkanes) is 1. The second-order valence-electron chi connectivity index (χ2n) is 7.28. The Morgan fingerprint density at radius 3 is 2.61 bits per heavy atom. The third kappa shape index (κ3) is 4.04. The van der Waals surface area contributed by atoms with Crippen molar-refractivity contribution in [1.82, 2.24) is 19.8 Å². The number of anilines is 1. The van der Waals surface area contributed by atoms with Crippen LogP contribution in [0.2, 0.25) is 5.02 Å². The highest BCUT2D eigenvalue weighted by atomic mass is 35.5. The van der Waals surface area contributed by atoms with Crippen LogP contribution >= 0.6 is 11.6 Å². The number of alkyl halides is 3. The van der Waals surface area contributed by atoms with Crippen LogP contribution in [0.15, 0.2) is 42.5 Å².